The highest BCUT2D eigenvalue weighted by Crippen LogP contribution is 2.26. The predicted molar refractivity (Wildman–Crippen MR) is 106 cm³/mol. The molecule has 0 amide bonds. The van der Waals surface area contributed by atoms with Crippen molar-refractivity contribution in [2.75, 3.05) is 23.3 Å². The van der Waals surface area contributed by atoms with Crippen LogP contribution in [0.25, 0.3) is 11.0 Å². The van der Waals surface area contributed by atoms with Gasteiger partial charge in [-0.2, -0.15) is 5.10 Å². The molecule has 0 bridgehead atoms. The van der Waals surface area contributed by atoms with Crippen molar-refractivity contribution in [2.45, 2.75) is 27.3 Å². The van der Waals surface area contributed by atoms with Gasteiger partial charge in [0.2, 0.25) is 0 Å². The molecule has 0 aliphatic rings. The number of anilines is 2. The molecule has 0 atom stereocenters. The maximum Gasteiger partial charge on any atom is 0.160 e. The van der Waals surface area contributed by atoms with Gasteiger partial charge in [0.1, 0.15) is 5.82 Å². The number of aryl methyl sites for hydroxylation is 2. The van der Waals surface area contributed by atoms with Gasteiger partial charge in [0, 0.05) is 48.3 Å². The average Bonchev–Trinajstić information content (AvgIpc) is 2.89. The van der Waals surface area contributed by atoms with Gasteiger partial charge in [-0.05, 0) is 51.1 Å². The summed E-state index contributed by atoms with van der Waals surface area (Å²) >= 11 is 5.96. The lowest BCUT2D eigenvalue weighted by Crippen LogP contribution is -2.25. The highest BCUT2D eigenvalue weighted by Gasteiger charge is 2.16. The third-order valence-electron chi connectivity index (χ3n) is 4.44. The van der Waals surface area contributed by atoms with Gasteiger partial charge in [-0.3, -0.25) is 4.68 Å². The molecule has 5 nitrogen and oxygen atoms in total. The third kappa shape index (κ3) is 3.56. The zero-order chi connectivity index (χ0) is 18.0. The second-order valence-corrected chi connectivity index (χ2v) is 6.52. The molecule has 1 N–H and O–H groups in total. The van der Waals surface area contributed by atoms with E-state index in [1.807, 2.05) is 42.9 Å². The standard InChI is InChI=1S/C19H24ClN5/c1-5-25(6-2)18-14(12-21-16-9-7-15(20)8-10-16)11-17-13(3)23-24(4)19(17)22-18/h7-11,21H,5-6,12H2,1-4H3. The monoisotopic (exact) mass is 357 g/mol. The van der Waals surface area contributed by atoms with Crippen molar-refractivity contribution in [1.29, 1.82) is 0 Å². The first-order valence-electron chi connectivity index (χ1n) is 8.61. The molecule has 1 aromatic carbocycles. The van der Waals surface area contributed by atoms with Crippen LogP contribution in [0.3, 0.4) is 0 Å². The van der Waals surface area contributed by atoms with Gasteiger partial charge >= 0.3 is 0 Å². The van der Waals surface area contributed by atoms with E-state index in [-0.39, 0.29) is 0 Å². The number of fused-ring (bicyclic) bond motifs is 1. The minimum atomic E-state index is 0.699. The molecule has 0 saturated carbocycles. The summed E-state index contributed by atoms with van der Waals surface area (Å²) in [7, 11) is 1.94. The Morgan fingerprint density at radius 1 is 1.16 bits per heavy atom. The largest absolute Gasteiger partial charge is 0.381 e. The summed E-state index contributed by atoms with van der Waals surface area (Å²) in [6, 6.07) is 9.96. The lowest BCUT2D eigenvalue weighted by molar-refractivity contribution is 0.768. The summed E-state index contributed by atoms with van der Waals surface area (Å²) < 4.78 is 1.86. The molecule has 0 radical (unpaired) electrons. The van der Waals surface area contributed by atoms with Crippen LogP contribution in [0.5, 0.6) is 0 Å². The summed E-state index contributed by atoms with van der Waals surface area (Å²) in [6.45, 7) is 8.86. The van der Waals surface area contributed by atoms with Crippen LogP contribution >= 0.6 is 11.6 Å². The third-order valence-corrected chi connectivity index (χ3v) is 4.70. The number of hydrogen-bond donors (Lipinski definition) is 1. The molecule has 6 heteroatoms. The number of pyridine rings is 1. The van der Waals surface area contributed by atoms with Crippen molar-refractivity contribution in [3.05, 3.63) is 46.6 Å². The quantitative estimate of drug-likeness (QED) is 0.710. The van der Waals surface area contributed by atoms with Gasteiger partial charge in [-0.25, -0.2) is 4.98 Å². The van der Waals surface area contributed by atoms with E-state index in [0.717, 1.165) is 46.3 Å². The van der Waals surface area contributed by atoms with Gasteiger partial charge in [-0.15, -0.1) is 0 Å². The second kappa shape index (κ2) is 7.31. The number of aromatic nitrogens is 3. The van der Waals surface area contributed by atoms with Crippen molar-refractivity contribution >= 4 is 34.1 Å². The number of nitrogens with one attached hydrogen (secondary N) is 1. The van der Waals surface area contributed by atoms with Crippen molar-refractivity contribution in [2.24, 2.45) is 7.05 Å². The molecule has 0 aliphatic heterocycles. The predicted octanol–water partition coefficient (Wildman–Crippen LogP) is 4.39. The fourth-order valence-electron chi connectivity index (χ4n) is 3.07. The van der Waals surface area contributed by atoms with Gasteiger partial charge < -0.3 is 10.2 Å². The van der Waals surface area contributed by atoms with E-state index in [1.165, 1.54) is 5.56 Å². The first-order valence-corrected chi connectivity index (χ1v) is 8.98. The Kier molecular flexibility index (Phi) is 5.13. The van der Waals surface area contributed by atoms with Gasteiger partial charge in [0.25, 0.3) is 0 Å². The Morgan fingerprint density at radius 3 is 2.48 bits per heavy atom. The zero-order valence-electron chi connectivity index (χ0n) is 15.2. The van der Waals surface area contributed by atoms with E-state index in [9.17, 15) is 0 Å². The molecular formula is C19H24ClN5. The number of halogens is 1. The summed E-state index contributed by atoms with van der Waals surface area (Å²) in [4.78, 5) is 7.21. The average molecular weight is 358 g/mol. The van der Waals surface area contributed by atoms with Crippen LogP contribution in [0.15, 0.2) is 30.3 Å². The smallest absolute Gasteiger partial charge is 0.160 e. The molecule has 0 saturated heterocycles. The first kappa shape index (κ1) is 17.5. The van der Waals surface area contributed by atoms with E-state index < -0.39 is 0 Å². The van der Waals surface area contributed by atoms with Crippen LogP contribution in [0.1, 0.15) is 25.1 Å². The van der Waals surface area contributed by atoms with E-state index in [2.05, 4.69) is 35.2 Å². The maximum atomic E-state index is 5.96. The number of benzene rings is 1. The van der Waals surface area contributed by atoms with Crippen LogP contribution in [0.4, 0.5) is 11.5 Å². The Morgan fingerprint density at radius 2 is 1.84 bits per heavy atom. The Hall–Kier alpha value is -2.27. The van der Waals surface area contributed by atoms with Gasteiger partial charge in [0.15, 0.2) is 5.65 Å². The zero-order valence-corrected chi connectivity index (χ0v) is 15.9. The van der Waals surface area contributed by atoms with E-state index >= 15 is 0 Å². The summed E-state index contributed by atoms with van der Waals surface area (Å²) in [6.07, 6.45) is 0. The molecule has 0 fully saturated rings. The van der Waals surface area contributed by atoms with Crippen LogP contribution in [-0.4, -0.2) is 27.9 Å². The van der Waals surface area contributed by atoms with Gasteiger partial charge in [-0.1, -0.05) is 11.6 Å². The molecule has 25 heavy (non-hydrogen) atoms. The molecule has 3 rings (SSSR count). The van der Waals surface area contributed by atoms with Crippen molar-refractivity contribution in [1.82, 2.24) is 14.8 Å². The fraction of sp³-hybridized carbons (Fsp3) is 0.368. The lowest BCUT2D eigenvalue weighted by atomic mass is 10.1. The normalized spacial score (nSPS) is 11.1. The molecule has 0 spiro atoms. The summed E-state index contributed by atoms with van der Waals surface area (Å²) in [5, 5.41) is 9.82. The number of nitrogens with zero attached hydrogens (tertiary/aromatic N) is 4. The minimum Gasteiger partial charge on any atom is -0.381 e. The first-order chi connectivity index (χ1) is 12.0. The Balaban J connectivity index is 1.99. The second-order valence-electron chi connectivity index (χ2n) is 6.08. The van der Waals surface area contributed by atoms with Crippen LogP contribution in [0, 0.1) is 6.92 Å². The van der Waals surface area contributed by atoms with E-state index in [0.29, 0.717) is 6.54 Å². The fourth-order valence-corrected chi connectivity index (χ4v) is 3.19. The highest BCUT2D eigenvalue weighted by atomic mass is 35.5. The Labute approximate surface area is 153 Å². The molecule has 2 heterocycles. The molecule has 0 aliphatic carbocycles. The van der Waals surface area contributed by atoms with Crippen LogP contribution in [-0.2, 0) is 13.6 Å². The van der Waals surface area contributed by atoms with Crippen LogP contribution < -0.4 is 10.2 Å². The summed E-state index contributed by atoms with van der Waals surface area (Å²) in [5.41, 5.74) is 4.14. The van der Waals surface area contributed by atoms with Gasteiger partial charge in [0.05, 0.1) is 5.69 Å². The van der Waals surface area contributed by atoms with Crippen molar-refractivity contribution in [3.63, 3.8) is 0 Å². The van der Waals surface area contributed by atoms with Crippen LogP contribution in [0.2, 0.25) is 5.02 Å². The molecule has 3 aromatic rings. The highest BCUT2D eigenvalue weighted by molar-refractivity contribution is 6.30. The topological polar surface area (TPSA) is 46.0 Å². The SMILES string of the molecule is CCN(CC)c1nc2c(cc1CNc1ccc(Cl)cc1)c(C)nn2C. The maximum absolute atomic E-state index is 5.96. The molecule has 2 aromatic heterocycles. The minimum absolute atomic E-state index is 0.699. The molecule has 132 valence electrons. The van der Waals surface area contributed by atoms with E-state index in [4.69, 9.17) is 16.6 Å². The lowest BCUT2D eigenvalue weighted by Gasteiger charge is -2.23. The number of rotatable bonds is 6. The number of hydrogen-bond acceptors (Lipinski definition) is 4. The Bertz CT molecular complexity index is 866. The summed E-state index contributed by atoms with van der Waals surface area (Å²) in [5.74, 6) is 1.02. The van der Waals surface area contributed by atoms with Crippen molar-refractivity contribution < 1.29 is 0 Å². The van der Waals surface area contributed by atoms with E-state index in [1.54, 1.807) is 0 Å². The van der Waals surface area contributed by atoms with Crippen molar-refractivity contribution in [3.8, 4) is 0 Å². The molecular weight excluding hydrogens is 334 g/mol. The molecule has 0 unspecified atom stereocenters.